The molecule has 67 valence electrons. The van der Waals surface area contributed by atoms with Crippen LogP contribution in [0.25, 0.3) is 0 Å². The first kappa shape index (κ1) is 8.62. The largest absolute Gasteiger partial charge is 0.301 e. The van der Waals surface area contributed by atoms with Crippen LogP contribution in [0, 0.1) is 0 Å². The smallest absolute Gasteiger partial charge is 0.121 e. The van der Waals surface area contributed by atoms with Crippen LogP contribution in [0.4, 0.5) is 0 Å². The van der Waals surface area contributed by atoms with E-state index in [1.165, 1.54) is 25.9 Å². The summed E-state index contributed by atoms with van der Waals surface area (Å²) in [5.74, 6) is 0.909. The first-order valence-electron chi connectivity index (χ1n) is 5.24. The van der Waals surface area contributed by atoms with Crippen LogP contribution in [-0.4, -0.2) is 31.3 Å². The van der Waals surface area contributed by atoms with Gasteiger partial charge in [-0.25, -0.2) is 0 Å². The molecule has 1 radical (unpaired) electrons. The molecule has 2 saturated heterocycles. The molecule has 2 heteroatoms. The highest BCUT2D eigenvalue weighted by atomic mass is 15.2. The molecule has 1 nitrogen and oxygen atoms in total. The van der Waals surface area contributed by atoms with Crippen molar-refractivity contribution in [3.63, 3.8) is 0 Å². The van der Waals surface area contributed by atoms with Crippen molar-refractivity contribution in [2.75, 3.05) is 13.1 Å². The van der Waals surface area contributed by atoms with Crippen LogP contribution < -0.4 is 0 Å². The Bertz CT molecular complexity index is 171. The van der Waals surface area contributed by atoms with E-state index >= 15 is 0 Å². The zero-order valence-corrected chi connectivity index (χ0v) is 8.51. The van der Waals surface area contributed by atoms with E-state index in [0.717, 1.165) is 11.9 Å². The van der Waals surface area contributed by atoms with E-state index in [9.17, 15) is 0 Å². The fourth-order valence-electron chi connectivity index (χ4n) is 2.53. The maximum absolute atomic E-state index is 2.60. The van der Waals surface area contributed by atoms with Crippen LogP contribution in [0.1, 0.15) is 33.6 Å². The lowest BCUT2D eigenvalue weighted by molar-refractivity contribution is 0.167. The number of rotatable bonds is 1. The number of hydrogen-bond acceptors (Lipinski definition) is 1. The molecule has 2 aliphatic rings. The summed E-state index contributed by atoms with van der Waals surface area (Å²) >= 11 is 0. The Hall–Kier alpha value is 0.0249. The van der Waals surface area contributed by atoms with Crippen LogP contribution in [0.15, 0.2) is 0 Å². The van der Waals surface area contributed by atoms with E-state index in [4.69, 9.17) is 0 Å². The van der Waals surface area contributed by atoms with Crippen molar-refractivity contribution in [2.45, 2.75) is 50.8 Å². The lowest BCUT2D eigenvalue weighted by Crippen LogP contribution is -2.37. The summed E-state index contributed by atoms with van der Waals surface area (Å²) < 4.78 is 0. The highest BCUT2D eigenvalue weighted by Gasteiger charge is 2.52. The molecule has 0 N–H and O–H groups in total. The Morgan fingerprint density at radius 1 is 1.33 bits per heavy atom. The second-order valence-corrected chi connectivity index (χ2v) is 4.82. The van der Waals surface area contributed by atoms with Gasteiger partial charge in [0.2, 0.25) is 0 Å². The lowest BCUT2D eigenvalue weighted by atomic mass is 9.79. The Balaban J connectivity index is 1.86. The number of nitrogens with zero attached hydrogens (tertiary/aromatic N) is 1. The summed E-state index contributed by atoms with van der Waals surface area (Å²) in [4.78, 5) is 2.60. The predicted molar refractivity (Wildman–Crippen MR) is 53.8 cm³/mol. The molecule has 0 aromatic rings. The Morgan fingerprint density at radius 2 is 1.83 bits per heavy atom. The average molecular weight is 164 g/mol. The fraction of sp³-hybridized carbons (Fsp3) is 1.00. The van der Waals surface area contributed by atoms with Gasteiger partial charge in [-0.1, -0.05) is 18.1 Å². The molecule has 0 bridgehead atoms. The van der Waals surface area contributed by atoms with Gasteiger partial charge >= 0.3 is 0 Å². The van der Waals surface area contributed by atoms with E-state index < -0.39 is 0 Å². The van der Waals surface area contributed by atoms with Crippen LogP contribution >= 0.6 is 0 Å². The van der Waals surface area contributed by atoms with Crippen LogP contribution in [0.3, 0.4) is 0 Å². The summed E-state index contributed by atoms with van der Waals surface area (Å²) in [7, 11) is 2.55. The minimum absolute atomic E-state index is 0.686. The number of hydrogen-bond donors (Lipinski definition) is 0. The zero-order chi connectivity index (χ0) is 8.77. The average Bonchev–Trinajstić information content (AvgIpc) is 2.62. The zero-order valence-electron chi connectivity index (χ0n) is 8.51. The van der Waals surface area contributed by atoms with Crippen LogP contribution in [0.5, 0.6) is 0 Å². The van der Waals surface area contributed by atoms with Crippen molar-refractivity contribution >= 4 is 7.28 Å². The minimum atomic E-state index is 0.686. The first-order chi connectivity index (χ1) is 5.64. The third-order valence-electron chi connectivity index (χ3n) is 3.84. The predicted octanol–water partition coefficient (Wildman–Crippen LogP) is 2.18. The summed E-state index contributed by atoms with van der Waals surface area (Å²) in [6.07, 6.45) is 2.82. The molecule has 2 fully saturated rings. The second kappa shape index (κ2) is 2.76. The van der Waals surface area contributed by atoms with Crippen molar-refractivity contribution in [2.24, 2.45) is 0 Å². The molecular weight excluding hydrogens is 145 g/mol. The highest BCUT2D eigenvalue weighted by molar-refractivity contribution is 6.56. The molecule has 12 heavy (non-hydrogen) atoms. The summed E-state index contributed by atoms with van der Waals surface area (Å²) in [6, 6.07) is 0.747. The van der Waals surface area contributed by atoms with Crippen molar-refractivity contribution in [3.05, 3.63) is 0 Å². The van der Waals surface area contributed by atoms with Crippen LogP contribution in [-0.2, 0) is 0 Å². The van der Waals surface area contributed by atoms with Gasteiger partial charge in [0.25, 0.3) is 0 Å². The molecule has 2 rings (SSSR count). The third kappa shape index (κ3) is 1.30. The van der Waals surface area contributed by atoms with Crippen molar-refractivity contribution in [1.82, 2.24) is 4.90 Å². The maximum atomic E-state index is 2.60. The molecule has 0 aliphatic carbocycles. The van der Waals surface area contributed by atoms with Gasteiger partial charge in [0, 0.05) is 6.04 Å². The van der Waals surface area contributed by atoms with Gasteiger partial charge in [-0.05, 0) is 39.8 Å². The topological polar surface area (TPSA) is 3.24 Å². The molecule has 0 amide bonds. The maximum Gasteiger partial charge on any atom is 0.121 e. The Kier molecular flexibility index (Phi) is 1.98. The SMILES string of the molecule is CC(C)N1CCC2([B]C2C)CC1. The Morgan fingerprint density at radius 3 is 2.17 bits per heavy atom. The van der Waals surface area contributed by atoms with Gasteiger partial charge in [-0.2, -0.15) is 0 Å². The molecule has 0 saturated carbocycles. The van der Waals surface area contributed by atoms with Crippen LogP contribution in [0.2, 0.25) is 11.1 Å². The standard InChI is InChI=1S/C10H19BN/c1-8(2)12-6-4-10(5-7-12)9(3)11-10/h8-9H,4-7H2,1-3H3. The number of piperidine rings is 1. The molecular formula is C10H19BN. The molecule has 2 heterocycles. The van der Waals surface area contributed by atoms with Gasteiger partial charge in [0.05, 0.1) is 0 Å². The van der Waals surface area contributed by atoms with E-state index in [1.807, 2.05) is 0 Å². The number of likely N-dealkylation sites (tertiary alicyclic amines) is 1. The lowest BCUT2D eigenvalue weighted by Gasteiger charge is -2.35. The van der Waals surface area contributed by atoms with E-state index in [-0.39, 0.29) is 0 Å². The first-order valence-corrected chi connectivity index (χ1v) is 5.24. The minimum Gasteiger partial charge on any atom is -0.301 e. The normalized spacial score (nSPS) is 33.8. The fourth-order valence-corrected chi connectivity index (χ4v) is 2.53. The van der Waals surface area contributed by atoms with Crippen molar-refractivity contribution in [1.29, 1.82) is 0 Å². The van der Waals surface area contributed by atoms with Gasteiger partial charge in [0.1, 0.15) is 7.28 Å². The summed E-state index contributed by atoms with van der Waals surface area (Å²) in [5, 5.41) is 0.686. The Labute approximate surface area is 76.8 Å². The van der Waals surface area contributed by atoms with E-state index in [1.54, 1.807) is 0 Å². The van der Waals surface area contributed by atoms with Gasteiger partial charge in [0.15, 0.2) is 0 Å². The summed E-state index contributed by atoms with van der Waals surface area (Å²) in [5.41, 5.74) is 0. The highest BCUT2D eigenvalue weighted by Crippen LogP contribution is 2.63. The molecule has 2 aliphatic heterocycles. The van der Waals surface area contributed by atoms with E-state index in [0.29, 0.717) is 5.31 Å². The quantitative estimate of drug-likeness (QED) is 0.537. The van der Waals surface area contributed by atoms with Gasteiger partial charge < -0.3 is 4.90 Å². The molecule has 1 atom stereocenters. The monoisotopic (exact) mass is 164 g/mol. The van der Waals surface area contributed by atoms with Crippen molar-refractivity contribution < 1.29 is 0 Å². The second-order valence-electron chi connectivity index (χ2n) is 4.82. The molecule has 1 unspecified atom stereocenters. The van der Waals surface area contributed by atoms with Gasteiger partial charge in [-0.3, -0.25) is 0 Å². The molecule has 1 spiro atoms. The molecule has 0 aromatic carbocycles. The van der Waals surface area contributed by atoms with Crippen molar-refractivity contribution in [3.8, 4) is 0 Å². The molecule has 0 aromatic heterocycles. The summed E-state index contributed by atoms with van der Waals surface area (Å²) in [6.45, 7) is 9.61. The van der Waals surface area contributed by atoms with Gasteiger partial charge in [-0.15, -0.1) is 0 Å². The van der Waals surface area contributed by atoms with E-state index in [2.05, 4.69) is 33.0 Å². The third-order valence-corrected chi connectivity index (χ3v) is 3.84.